The molecule has 0 atom stereocenters. The van der Waals surface area contributed by atoms with Crippen LogP contribution in [-0.2, 0) is 9.47 Å². The lowest BCUT2D eigenvalue weighted by atomic mass is 10.9. The summed E-state index contributed by atoms with van der Waals surface area (Å²) in [5.41, 5.74) is 0. The van der Waals surface area contributed by atoms with Gasteiger partial charge in [0, 0.05) is 0 Å². The van der Waals surface area contributed by atoms with Gasteiger partial charge in [-0.2, -0.15) is 8.78 Å². The quantitative estimate of drug-likeness (QED) is 0.517. The Morgan fingerprint density at radius 2 is 1.25 bits per heavy atom. The zero-order valence-electron chi connectivity index (χ0n) is 4.57. The fourth-order valence-electron chi connectivity index (χ4n) is 0.160. The molecule has 4 heteroatoms. The van der Waals surface area contributed by atoms with Gasteiger partial charge < -0.3 is 9.47 Å². The van der Waals surface area contributed by atoms with Crippen molar-refractivity contribution >= 4 is 0 Å². The van der Waals surface area contributed by atoms with Crippen LogP contribution in [0, 0.1) is 0 Å². The highest BCUT2D eigenvalue weighted by atomic mass is 19.2. The highest BCUT2D eigenvalue weighted by molar-refractivity contribution is 4.80. The van der Waals surface area contributed by atoms with E-state index >= 15 is 0 Å². The molecular weight excluding hydrogens is 118 g/mol. The molecule has 0 unspecified atom stereocenters. The van der Waals surface area contributed by atoms with Gasteiger partial charge in [0.25, 0.3) is 0 Å². The fraction of sp³-hybridized carbons (Fsp3) is 0.500. The van der Waals surface area contributed by atoms with Gasteiger partial charge in [-0.1, -0.05) is 0 Å². The summed E-state index contributed by atoms with van der Waals surface area (Å²) in [6.45, 7) is 0. The molecule has 2 nitrogen and oxygen atoms in total. The number of hydrogen-bond donors (Lipinski definition) is 0. The van der Waals surface area contributed by atoms with Crippen LogP contribution in [0.3, 0.4) is 0 Å². The van der Waals surface area contributed by atoms with Gasteiger partial charge in [-0.05, 0) is 0 Å². The molecule has 0 rings (SSSR count). The van der Waals surface area contributed by atoms with Gasteiger partial charge in [0.15, 0.2) is 0 Å². The van der Waals surface area contributed by atoms with Crippen LogP contribution in [0.4, 0.5) is 8.78 Å². The molecule has 0 saturated heterocycles. The number of rotatable bonds is 2. The molecule has 0 aliphatic rings. The van der Waals surface area contributed by atoms with Crippen molar-refractivity contribution in [1.29, 1.82) is 0 Å². The van der Waals surface area contributed by atoms with Gasteiger partial charge in [0.1, 0.15) is 0 Å². The van der Waals surface area contributed by atoms with E-state index in [9.17, 15) is 8.78 Å². The van der Waals surface area contributed by atoms with E-state index in [2.05, 4.69) is 9.47 Å². The first-order chi connectivity index (χ1) is 3.72. The molecule has 0 heterocycles. The van der Waals surface area contributed by atoms with Gasteiger partial charge in [-0.15, -0.1) is 0 Å². The van der Waals surface area contributed by atoms with Gasteiger partial charge >= 0.3 is 12.0 Å². The van der Waals surface area contributed by atoms with Gasteiger partial charge in [0.05, 0.1) is 14.2 Å². The predicted octanol–water partition coefficient (Wildman–Crippen LogP) is 1.34. The molecule has 48 valence electrons. The third-order valence-electron chi connectivity index (χ3n) is 0.513. The maximum absolute atomic E-state index is 11.7. The average Bonchev–Trinajstić information content (AvgIpc) is 1.84. The zero-order chi connectivity index (χ0) is 6.57. The third kappa shape index (κ3) is 1.77. The van der Waals surface area contributed by atoms with Crippen molar-refractivity contribution in [2.24, 2.45) is 0 Å². The van der Waals surface area contributed by atoms with Crippen LogP contribution in [0.5, 0.6) is 0 Å². The summed E-state index contributed by atoms with van der Waals surface area (Å²) in [7, 11) is 2.02. The van der Waals surface area contributed by atoms with E-state index < -0.39 is 12.0 Å². The summed E-state index contributed by atoms with van der Waals surface area (Å²) in [6, 6.07) is -2.68. The highest BCUT2D eigenvalue weighted by Crippen LogP contribution is 2.07. The lowest BCUT2D eigenvalue weighted by Crippen LogP contribution is -1.85. The van der Waals surface area contributed by atoms with E-state index in [4.69, 9.17) is 0 Å². The van der Waals surface area contributed by atoms with E-state index in [1.807, 2.05) is 0 Å². The molecule has 0 aromatic carbocycles. The maximum atomic E-state index is 11.7. The van der Waals surface area contributed by atoms with E-state index in [1.54, 1.807) is 0 Å². The van der Waals surface area contributed by atoms with E-state index in [1.165, 1.54) is 0 Å². The standard InChI is InChI=1S/C4H6F2O2/c1-7-3(5)4(6)8-2/h1-2H3. The molecule has 0 saturated carbocycles. The average molecular weight is 124 g/mol. The Bertz CT molecular complexity index is 88.2. The summed E-state index contributed by atoms with van der Waals surface area (Å²) in [5.74, 6) is 0. The number of ether oxygens (including phenoxy) is 2. The van der Waals surface area contributed by atoms with Crippen LogP contribution in [0.15, 0.2) is 12.0 Å². The Kier molecular flexibility index (Phi) is 2.91. The Hall–Kier alpha value is -0.800. The summed E-state index contributed by atoms with van der Waals surface area (Å²) >= 11 is 0. The Labute approximate surface area is 45.7 Å². The molecule has 0 aliphatic heterocycles. The minimum absolute atomic E-state index is 1.01. The van der Waals surface area contributed by atoms with Crippen molar-refractivity contribution < 1.29 is 18.3 Å². The second kappa shape index (κ2) is 3.23. The van der Waals surface area contributed by atoms with Gasteiger partial charge in [0.2, 0.25) is 0 Å². The molecule has 0 bridgehead atoms. The molecule has 0 aromatic heterocycles. The molecule has 0 N–H and O–H groups in total. The maximum Gasteiger partial charge on any atom is 0.346 e. The first-order valence-electron chi connectivity index (χ1n) is 1.85. The second-order valence-electron chi connectivity index (χ2n) is 0.956. The van der Waals surface area contributed by atoms with Gasteiger partial charge in [-0.25, -0.2) is 0 Å². The van der Waals surface area contributed by atoms with E-state index in [0.29, 0.717) is 0 Å². The Morgan fingerprint density at radius 1 is 1.00 bits per heavy atom. The largest absolute Gasteiger partial charge is 0.470 e. The van der Waals surface area contributed by atoms with Crippen LogP contribution >= 0.6 is 0 Å². The lowest BCUT2D eigenvalue weighted by Gasteiger charge is -1.94. The molecule has 0 aliphatic carbocycles. The van der Waals surface area contributed by atoms with Gasteiger partial charge in [-0.3, -0.25) is 0 Å². The molecule has 8 heavy (non-hydrogen) atoms. The van der Waals surface area contributed by atoms with E-state index in [-0.39, 0.29) is 0 Å². The van der Waals surface area contributed by atoms with Crippen molar-refractivity contribution in [3.05, 3.63) is 12.0 Å². The summed E-state index contributed by atoms with van der Waals surface area (Å²) in [5, 5.41) is 0. The van der Waals surface area contributed by atoms with Crippen LogP contribution in [0.1, 0.15) is 0 Å². The van der Waals surface area contributed by atoms with Crippen molar-refractivity contribution in [2.75, 3.05) is 14.2 Å². The fourth-order valence-corrected chi connectivity index (χ4v) is 0.160. The van der Waals surface area contributed by atoms with E-state index in [0.717, 1.165) is 14.2 Å². The minimum atomic E-state index is -1.34. The normalized spacial score (nSPS) is 12.5. The third-order valence-corrected chi connectivity index (χ3v) is 0.513. The highest BCUT2D eigenvalue weighted by Gasteiger charge is 2.02. The minimum Gasteiger partial charge on any atom is -0.470 e. The van der Waals surface area contributed by atoms with Crippen molar-refractivity contribution in [3.8, 4) is 0 Å². The zero-order valence-corrected chi connectivity index (χ0v) is 4.57. The Balaban J connectivity index is 3.83. The van der Waals surface area contributed by atoms with Crippen LogP contribution in [0.25, 0.3) is 0 Å². The van der Waals surface area contributed by atoms with Crippen LogP contribution in [0.2, 0.25) is 0 Å². The topological polar surface area (TPSA) is 18.5 Å². The monoisotopic (exact) mass is 124 g/mol. The molecule has 0 spiro atoms. The molecule has 0 amide bonds. The molecule has 0 radical (unpaired) electrons. The molecule has 0 aromatic rings. The van der Waals surface area contributed by atoms with Crippen molar-refractivity contribution in [3.63, 3.8) is 0 Å². The molecular formula is C4H6F2O2. The number of halogens is 2. The number of hydrogen-bond acceptors (Lipinski definition) is 2. The first-order valence-corrected chi connectivity index (χ1v) is 1.85. The van der Waals surface area contributed by atoms with Crippen LogP contribution < -0.4 is 0 Å². The number of methoxy groups -OCH3 is 2. The summed E-state index contributed by atoms with van der Waals surface area (Å²) in [6.07, 6.45) is 0. The summed E-state index contributed by atoms with van der Waals surface area (Å²) in [4.78, 5) is 0. The van der Waals surface area contributed by atoms with Crippen molar-refractivity contribution in [1.82, 2.24) is 0 Å². The molecule has 0 fully saturated rings. The predicted molar refractivity (Wildman–Crippen MR) is 23.3 cm³/mol. The smallest absolute Gasteiger partial charge is 0.346 e. The second-order valence-corrected chi connectivity index (χ2v) is 0.956. The lowest BCUT2D eigenvalue weighted by molar-refractivity contribution is 0.114. The first kappa shape index (κ1) is 7.20. The van der Waals surface area contributed by atoms with Crippen molar-refractivity contribution in [2.45, 2.75) is 0 Å². The van der Waals surface area contributed by atoms with Crippen LogP contribution in [-0.4, -0.2) is 14.2 Å². The summed E-state index contributed by atoms with van der Waals surface area (Å²) < 4.78 is 31.0. The SMILES string of the molecule is COC(F)=C(F)OC. The Morgan fingerprint density at radius 3 is 1.38 bits per heavy atom.